The normalized spacial score (nSPS) is 11.7. The summed E-state index contributed by atoms with van der Waals surface area (Å²) >= 11 is 1.28. The highest BCUT2D eigenvalue weighted by molar-refractivity contribution is 7.07. The number of rotatable bonds is 9. The van der Waals surface area contributed by atoms with Crippen molar-refractivity contribution in [2.24, 2.45) is 10.1 Å². The van der Waals surface area contributed by atoms with Crippen LogP contribution in [0.15, 0.2) is 106 Å². The minimum absolute atomic E-state index is 0.00932. The number of thiazole rings is 1. The number of hydrogen-bond donors (Lipinski definition) is 0. The van der Waals surface area contributed by atoms with Crippen molar-refractivity contribution in [3.63, 3.8) is 0 Å². The Morgan fingerprint density at radius 2 is 1.65 bits per heavy atom. The van der Waals surface area contributed by atoms with Gasteiger partial charge in [0.1, 0.15) is 23.9 Å². The summed E-state index contributed by atoms with van der Waals surface area (Å²) in [7, 11) is 3.18. The van der Waals surface area contributed by atoms with Gasteiger partial charge in [0.25, 0.3) is 0 Å². The van der Waals surface area contributed by atoms with Crippen molar-refractivity contribution in [3.05, 3.63) is 124 Å². The number of ether oxygens (including phenoxy) is 3. The monoisotopic (exact) mass is 557 g/mol. The second-order valence-electron chi connectivity index (χ2n) is 8.58. The molecule has 4 aromatic carbocycles. The first kappa shape index (κ1) is 26.8. The van der Waals surface area contributed by atoms with Gasteiger partial charge in [-0.25, -0.2) is 18.4 Å². The Labute approximate surface area is 234 Å². The number of methoxy groups -OCH3 is 2. The molecule has 0 N–H and O–H groups in total. The Hall–Kier alpha value is -4.76. The fraction of sp³-hybridized carbons (Fsp3) is 0.0968. The molecule has 40 heavy (non-hydrogen) atoms. The predicted octanol–water partition coefficient (Wildman–Crippen LogP) is 7.21. The highest BCUT2D eigenvalue weighted by Gasteiger charge is 2.11. The van der Waals surface area contributed by atoms with Crippen LogP contribution in [0.2, 0.25) is 0 Å². The largest absolute Gasteiger partial charge is 0.497 e. The molecule has 202 valence electrons. The van der Waals surface area contributed by atoms with E-state index in [9.17, 15) is 8.78 Å². The molecule has 0 aliphatic heterocycles. The quantitative estimate of drug-likeness (QED) is 0.180. The van der Waals surface area contributed by atoms with E-state index < -0.39 is 11.6 Å². The van der Waals surface area contributed by atoms with Crippen molar-refractivity contribution in [1.29, 1.82) is 0 Å². The molecule has 5 aromatic rings. The van der Waals surface area contributed by atoms with E-state index in [1.165, 1.54) is 23.5 Å². The molecule has 0 aliphatic rings. The summed E-state index contributed by atoms with van der Waals surface area (Å²) in [6.07, 6.45) is 1.66. The Kier molecular flexibility index (Phi) is 8.32. The molecular weight excluding hydrogens is 532 g/mol. The first-order chi connectivity index (χ1) is 19.5. The summed E-state index contributed by atoms with van der Waals surface area (Å²) in [4.78, 5) is 4.84. The van der Waals surface area contributed by atoms with E-state index in [0.29, 0.717) is 28.7 Å². The van der Waals surface area contributed by atoms with Crippen LogP contribution in [0.3, 0.4) is 0 Å². The Morgan fingerprint density at radius 3 is 2.38 bits per heavy atom. The summed E-state index contributed by atoms with van der Waals surface area (Å²) in [5.41, 5.74) is 3.40. The van der Waals surface area contributed by atoms with Gasteiger partial charge >= 0.3 is 0 Å². The zero-order valence-corrected chi connectivity index (χ0v) is 22.6. The molecule has 0 aliphatic carbocycles. The Balaban J connectivity index is 1.50. The van der Waals surface area contributed by atoms with Crippen LogP contribution in [-0.2, 0) is 6.61 Å². The summed E-state index contributed by atoms with van der Waals surface area (Å²) in [6, 6.07) is 26.1. The minimum Gasteiger partial charge on any atom is -0.497 e. The first-order valence-corrected chi connectivity index (χ1v) is 13.2. The van der Waals surface area contributed by atoms with Gasteiger partial charge in [-0.2, -0.15) is 5.10 Å². The van der Waals surface area contributed by atoms with Gasteiger partial charge in [0.2, 0.25) is 4.80 Å². The van der Waals surface area contributed by atoms with Gasteiger partial charge in [-0.3, -0.25) is 0 Å². The number of benzene rings is 4. The molecule has 0 unspecified atom stereocenters. The molecule has 1 aromatic heterocycles. The van der Waals surface area contributed by atoms with Crippen LogP contribution in [0.1, 0.15) is 11.1 Å². The van der Waals surface area contributed by atoms with E-state index in [-0.39, 0.29) is 5.69 Å². The second-order valence-corrected chi connectivity index (χ2v) is 9.42. The molecule has 0 fully saturated rings. The Morgan fingerprint density at radius 1 is 0.850 bits per heavy atom. The molecular formula is C31H25F2N3O3S. The van der Waals surface area contributed by atoms with Gasteiger partial charge in [-0.05, 0) is 65.7 Å². The topological polar surface area (TPSA) is 57.3 Å². The molecule has 9 heteroatoms. The van der Waals surface area contributed by atoms with Crippen molar-refractivity contribution in [2.45, 2.75) is 6.61 Å². The highest BCUT2D eigenvalue weighted by Crippen LogP contribution is 2.29. The van der Waals surface area contributed by atoms with Crippen molar-refractivity contribution < 1.29 is 23.0 Å². The lowest BCUT2D eigenvalue weighted by Gasteiger charge is -2.11. The lowest BCUT2D eigenvalue weighted by Crippen LogP contribution is -2.11. The predicted molar refractivity (Wildman–Crippen MR) is 153 cm³/mol. The maximum atomic E-state index is 14.4. The number of nitrogens with zero attached hydrogens (tertiary/aromatic N) is 3. The summed E-state index contributed by atoms with van der Waals surface area (Å²) in [5.74, 6) is 0.453. The molecule has 0 atom stereocenters. The molecule has 5 rings (SSSR count). The van der Waals surface area contributed by atoms with E-state index >= 15 is 0 Å². The average molecular weight is 558 g/mol. The van der Waals surface area contributed by atoms with E-state index in [0.717, 1.165) is 28.5 Å². The van der Waals surface area contributed by atoms with Crippen molar-refractivity contribution in [3.8, 4) is 28.5 Å². The molecule has 1 heterocycles. The maximum absolute atomic E-state index is 14.4. The summed E-state index contributed by atoms with van der Waals surface area (Å²) in [5, 5.41) is 6.56. The molecule has 0 amide bonds. The minimum atomic E-state index is -0.759. The van der Waals surface area contributed by atoms with Crippen LogP contribution >= 0.6 is 11.3 Å². The standard InChI is InChI=1S/C31H25F2N3O3S/c1-37-25-12-9-23(10-13-25)28-20-40-31(35-27-14-11-24(32)17-26(27)33)36(28)34-18-22-8-15-29(30(16-22)38-2)39-19-21-6-4-3-5-7-21/h3-18,20H,19H2,1-2H3/b34-18-,35-31?. The van der Waals surface area contributed by atoms with Crippen LogP contribution in [0.5, 0.6) is 17.2 Å². The van der Waals surface area contributed by atoms with Gasteiger partial charge in [0, 0.05) is 17.0 Å². The number of aromatic nitrogens is 1. The zero-order valence-electron chi connectivity index (χ0n) is 21.8. The maximum Gasteiger partial charge on any atom is 0.211 e. The van der Waals surface area contributed by atoms with Gasteiger partial charge in [0.05, 0.1) is 26.1 Å². The molecule has 0 radical (unpaired) electrons. The van der Waals surface area contributed by atoms with Crippen LogP contribution in [0, 0.1) is 11.6 Å². The van der Waals surface area contributed by atoms with Gasteiger partial charge < -0.3 is 14.2 Å². The van der Waals surface area contributed by atoms with Crippen LogP contribution < -0.4 is 19.0 Å². The highest BCUT2D eigenvalue weighted by atomic mass is 32.1. The summed E-state index contributed by atoms with van der Waals surface area (Å²) < 4.78 is 46.3. The van der Waals surface area contributed by atoms with Gasteiger partial charge in [-0.15, -0.1) is 11.3 Å². The fourth-order valence-electron chi connectivity index (χ4n) is 3.87. The van der Waals surface area contributed by atoms with Crippen LogP contribution in [-0.4, -0.2) is 25.1 Å². The lowest BCUT2D eigenvalue weighted by atomic mass is 10.2. The van der Waals surface area contributed by atoms with Crippen molar-refractivity contribution >= 4 is 23.2 Å². The third-order valence-corrected chi connectivity index (χ3v) is 6.76. The van der Waals surface area contributed by atoms with Gasteiger partial charge in [0.15, 0.2) is 17.3 Å². The number of halogens is 2. The molecule has 0 saturated carbocycles. The third-order valence-electron chi connectivity index (χ3n) is 5.94. The molecule has 0 spiro atoms. The molecule has 0 saturated heterocycles. The van der Waals surface area contributed by atoms with Crippen molar-refractivity contribution in [2.75, 3.05) is 14.2 Å². The molecule has 6 nitrogen and oxygen atoms in total. The smallest absolute Gasteiger partial charge is 0.211 e. The van der Waals surface area contributed by atoms with E-state index in [1.807, 2.05) is 78.2 Å². The van der Waals surface area contributed by atoms with E-state index in [1.54, 1.807) is 25.1 Å². The fourth-order valence-corrected chi connectivity index (χ4v) is 4.72. The lowest BCUT2D eigenvalue weighted by molar-refractivity contribution is 0.284. The summed E-state index contributed by atoms with van der Waals surface area (Å²) in [6.45, 7) is 0.408. The first-order valence-electron chi connectivity index (χ1n) is 12.3. The SMILES string of the molecule is COc1ccc(-c2csc(=Nc3ccc(F)cc3F)n2/N=C\c2ccc(OCc3ccccc3)c(OC)c2)cc1. The van der Waals surface area contributed by atoms with Gasteiger partial charge in [-0.1, -0.05) is 30.3 Å². The van der Waals surface area contributed by atoms with E-state index in [4.69, 9.17) is 14.2 Å². The Bertz CT molecular complexity index is 1700. The van der Waals surface area contributed by atoms with Crippen molar-refractivity contribution in [1.82, 2.24) is 4.68 Å². The van der Waals surface area contributed by atoms with E-state index in [2.05, 4.69) is 10.1 Å². The average Bonchev–Trinajstić information content (AvgIpc) is 3.39. The van der Waals surface area contributed by atoms with Crippen LogP contribution in [0.25, 0.3) is 11.3 Å². The second kappa shape index (κ2) is 12.4. The third kappa shape index (κ3) is 6.27. The van der Waals surface area contributed by atoms with Crippen LogP contribution in [0.4, 0.5) is 14.5 Å². The zero-order chi connectivity index (χ0) is 27.9. The molecule has 0 bridgehead atoms. The number of hydrogen-bond acceptors (Lipinski definition) is 6.